The molecule has 2 N–H and O–H groups in total. The Morgan fingerprint density at radius 1 is 1.30 bits per heavy atom. The number of primary sulfonamides is 1. The van der Waals surface area contributed by atoms with Gasteiger partial charge in [-0.1, -0.05) is 31.4 Å². The molecule has 0 spiro atoms. The summed E-state index contributed by atoms with van der Waals surface area (Å²) in [6.07, 6.45) is -2.70. The predicted octanol–water partition coefficient (Wildman–Crippen LogP) is 4.09. The van der Waals surface area contributed by atoms with E-state index in [1.807, 2.05) is 0 Å². The lowest BCUT2D eigenvalue weighted by molar-refractivity contribution is -0.137. The summed E-state index contributed by atoms with van der Waals surface area (Å²) in [5, 5.41) is 4.10. The summed E-state index contributed by atoms with van der Waals surface area (Å²) in [6.45, 7) is 1.72. The molecular formula is C17H22ClF3N2O3S. The van der Waals surface area contributed by atoms with E-state index in [1.165, 1.54) is 6.07 Å². The highest BCUT2D eigenvalue weighted by molar-refractivity contribution is 7.89. The van der Waals surface area contributed by atoms with E-state index in [0.717, 1.165) is 17.0 Å². The number of amides is 1. The summed E-state index contributed by atoms with van der Waals surface area (Å²) in [4.78, 5) is 13.8. The number of nitrogens with zero attached hydrogens (tertiary/aromatic N) is 1. The third-order valence-electron chi connectivity index (χ3n) is 4.68. The molecule has 10 heteroatoms. The number of anilines is 1. The summed E-state index contributed by atoms with van der Waals surface area (Å²) in [6, 6.07) is 2.17. The number of carbonyl (C=O) groups is 1. The molecule has 2 rings (SSSR count). The van der Waals surface area contributed by atoms with E-state index in [9.17, 15) is 26.4 Å². The normalized spacial score (nSPS) is 21.1. The first-order chi connectivity index (χ1) is 12.5. The number of carbonyl (C=O) groups excluding carboxylic acids is 1. The zero-order valence-electron chi connectivity index (χ0n) is 14.8. The highest BCUT2D eigenvalue weighted by Gasteiger charge is 2.43. The molecule has 1 fully saturated rings. The third kappa shape index (κ3) is 5.14. The quantitative estimate of drug-likeness (QED) is 0.769. The maximum absolute atomic E-state index is 13.6. The minimum atomic E-state index is -4.75. The summed E-state index contributed by atoms with van der Waals surface area (Å²) < 4.78 is 64.9. The molecule has 27 heavy (non-hydrogen) atoms. The van der Waals surface area contributed by atoms with Crippen molar-refractivity contribution in [3.63, 3.8) is 0 Å². The molecule has 1 amide bonds. The van der Waals surface area contributed by atoms with Crippen LogP contribution in [-0.4, -0.2) is 25.6 Å². The monoisotopic (exact) mass is 426 g/mol. The molecular weight excluding hydrogens is 405 g/mol. The van der Waals surface area contributed by atoms with Crippen LogP contribution in [0.4, 0.5) is 18.9 Å². The summed E-state index contributed by atoms with van der Waals surface area (Å²) >= 11 is 5.74. The highest BCUT2D eigenvalue weighted by Crippen LogP contribution is 2.41. The van der Waals surface area contributed by atoms with E-state index >= 15 is 0 Å². The van der Waals surface area contributed by atoms with Crippen LogP contribution in [0.1, 0.15) is 51.0 Å². The van der Waals surface area contributed by atoms with Gasteiger partial charge in [0.25, 0.3) is 0 Å². The standard InChI is InChI=1S/C17H22ClF3N2O3S/c1-2-5-16(24)23(14-6-3-4-7-15(14)27(22,25)26)13-9-8-11(18)10-12(13)17(19,20)21/h8-10,14-15H,2-7H2,1H3,(H2,22,25,26). The van der Waals surface area contributed by atoms with Gasteiger partial charge in [0, 0.05) is 11.4 Å². The Morgan fingerprint density at radius 3 is 2.48 bits per heavy atom. The van der Waals surface area contributed by atoms with E-state index in [2.05, 4.69) is 0 Å². The van der Waals surface area contributed by atoms with Crippen LogP contribution in [0.25, 0.3) is 0 Å². The van der Waals surface area contributed by atoms with Gasteiger partial charge in [0.15, 0.2) is 0 Å². The number of alkyl halides is 3. The van der Waals surface area contributed by atoms with Gasteiger partial charge < -0.3 is 4.90 Å². The smallest absolute Gasteiger partial charge is 0.307 e. The molecule has 1 aromatic carbocycles. The number of hydrogen-bond donors (Lipinski definition) is 1. The Kier molecular flexibility index (Phi) is 6.81. The molecule has 5 nitrogen and oxygen atoms in total. The van der Waals surface area contributed by atoms with Crippen molar-refractivity contribution in [3.8, 4) is 0 Å². The molecule has 0 aromatic heterocycles. The molecule has 0 aliphatic heterocycles. The lowest BCUT2D eigenvalue weighted by Gasteiger charge is -2.40. The van der Waals surface area contributed by atoms with Gasteiger partial charge in [0.05, 0.1) is 22.5 Å². The van der Waals surface area contributed by atoms with Crippen LogP contribution < -0.4 is 10.0 Å². The molecule has 1 aromatic rings. The average molecular weight is 427 g/mol. The third-order valence-corrected chi connectivity index (χ3v) is 6.31. The van der Waals surface area contributed by atoms with Crippen LogP contribution in [0.2, 0.25) is 5.02 Å². The molecule has 1 aliphatic carbocycles. The van der Waals surface area contributed by atoms with Gasteiger partial charge in [-0.05, 0) is 37.5 Å². The maximum atomic E-state index is 13.6. The van der Waals surface area contributed by atoms with E-state index in [1.54, 1.807) is 6.92 Å². The van der Waals surface area contributed by atoms with Gasteiger partial charge in [-0.25, -0.2) is 13.6 Å². The Hall–Kier alpha value is -1.32. The first kappa shape index (κ1) is 22.0. The molecule has 0 heterocycles. The Balaban J connectivity index is 2.64. The topological polar surface area (TPSA) is 80.5 Å². The van der Waals surface area contributed by atoms with E-state index in [0.29, 0.717) is 19.3 Å². The fourth-order valence-electron chi connectivity index (χ4n) is 3.53. The van der Waals surface area contributed by atoms with E-state index in [-0.39, 0.29) is 30.0 Å². The Labute approximate surface area is 161 Å². The number of hydrogen-bond acceptors (Lipinski definition) is 3. The van der Waals surface area contributed by atoms with Crippen molar-refractivity contribution in [2.45, 2.75) is 62.9 Å². The van der Waals surface area contributed by atoms with Crippen molar-refractivity contribution < 1.29 is 26.4 Å². The van der Waals surface area contributed by atoms with Gasteiger partial charge >= 0.3 is 6.18 Å². The van der Waals surface area contributed by atoms with Crippen molar-refractivity contribution in [3.05, 3.63) is 28.8 Å². The van der Waals surface area contributed by atoms with Crippen LogP contribution in [-0.2, 0) is 21.0 Å². The largest absolute Gasteiger partial charge is 0.418 e. The van der Waals surface area contributed by atoms with Gasteiger partial charge in [-0.15, -0.1) is 0 Å². The number of nitrogens with two attached hydrogens (primary N) is 1. The average Bonchev–Trinajstić information content (AvgIpc) is 2.55. The van der Waals surface area contributed by atoms with Gasteiger partial charge in [-0.2, -0.15) is 13.2 Å². The first-order valence-electron chi connectivity index (χ1n) is 8.67. The summed E-state index contributed by atoms with van der Waals surface area (Å²) in [7, 11) is -4.03. The molecule has 152 valence electrons. The zero-order valence-corrected chi connectivity index (χ0v) is 16.4. The maximum Gasteiger partial charge on any atom is 0.418 e. The lowest BCUT2D eigenvalue weighted by atomic mass is 9.92. The highest BCUT2D eigenvalue weighted by atomic mass is 35.5. The second-order valence-electron chi connectivity index (χ2n) is 6.65. The Morgan fingerprint density at radius 2 is 1.93 bits per heavy atom. The first-order valence-corrected chi connectivity index (χ1v) is 10.7. The van der Waals surface area contributed by atoms with Crippen molar-refractivity contribution in [2.75, 3.05) is 4.90 Å². The van der Waals surface area contributed by atoms with E-state index in [4.69, 9.17) is 16.7 Å². The minimum Gasteiger partial charge on any atom is -0.307 e. The Bertz CT molecular complexity index is 799. The molecule has 2 atom stereocenters. The number of sulfonamides is 1. The fraction of sp³-hybridized carbons (Fsp3) is 0.588. The predicted molar refractivity (Wildman–Crippen MR) is 98.0 cm³/mol. The van der Waals surface area contributed by atoms with Crippen LogP contribution in [0.3, 0.4) is 0 Å². The van der Waals surface area contributed by atoms with Crippen LogP contribution in [0.15, 0.2) is 18.2 Å². The number of halogens is 4. The SMILES string of the molecule is CCCC(=O)N(c1ccc(Cl)cc1C(F)(F)F)C1CCCCC1S(N)(=O)=O. The molecule has 1 aliphatic rings. The van der Waals surface area contributed by atoms with Crippen molar-refractivity contribution >= 4 is 33.2 Å². The molecule has 0 saturated heterocycles. The zero-order chi connectivity index (χ0) is 20.4. The molecule has 0 bridgehead atoms. The van der Waals surface area contributed by atoms with Crippen LogP contribution in [0.5, 0.6) is 0 Å². The van der Waals surface area contributed by atoms with E-state index < -0.39 is 39.0 Å². The molecule has 2 unspecified atom stereocenters. The molecule has 0 radical (unpaired) electrons. The van der Waals surface area contributed by atoms with Gasteiger partial charge in [0.2, 0.25) is 15.9 Å². The van der Waals surface area contributed by atoms with Gasteiger partial charge in [0.1, 0.15) is 0 Å². The number of rotatable bonds is 5. The van der Waals surface area contributed by atoms with Gasteiger partial charge in [-0.3, -0.25) is 4.79 Å². The van der Waals surface area contributed by atoms with Crippen molar-refractivity contribution in [1.29, 1.82) is 0 Å². The van der Waals surface area contributed by atoms with Crippen molar-refractivity contribution in [2.24, 2.45) is 5.14 Å². The summed E-state index contributed by atoms with van der Waals surface area (Å²) in [5.41, 5.74) is -1.45. The van der Waals surface area contributed by atoms with Crippen molar-refractivity contribution in [1.82, 2.24) is 0 Å². The second kappa shape index (κ2) is 8.36. The lowest BCUT2D eigenvalue weighted by Crippen LogP contribution is -2.53. The van der Waals surface area contributed by atoms with Crippen LogP contribution >= 0.6 is 11.6 Å². The van der Waals surface area contributed by atoms with Crippen LogP contribution in [0, 0.1) is 0 Å². The minimum absolute atomic E-state index is 0.00619. The molecule has 1 saturated carbocycles. The second-order valence-corrected chi connectivity index (χ2v) is 8.87. The fourth-order valence-corrected chi connectivity index (χ4v) is 4.90. The number of benzene rings is 1. The summed E-state index contributed by atoms with van der Waals surface area (Å²) in [5.74, 6) is -0.564.